The van der Waals surface area contributed by atoms with Crippen molar-refractivity contribution in [1.82, 2.24) is 0 Å². The highest BCUT2D eigenvalue weighted by molar-refractivity contribution is 5.91. The lowest BCUT2D eigenvalue weighted by Gasteiger charge is -2.24. The third-order valence-electron chi connectivity index (χ3n) is 7.59. The molecule has 0 saturated carbocycles. The molecule has 8 nitrogen and oxygen atoms in total. The topological polar surface area (TPSA) is 97.4 Å². The third-order valence-corrected chi connectivity index (χ3v) is 7.59. The maximum absolute atomic E-state index is 12.9. The van der Waals surface area contributed by atoms with Crippen LogP contribution in [0.2, 0.25) is 0 Å². The van der Waals surface area contributed by atoms with E-state index in [-0.39, 0.29) is 18.2 Å². The van der Waals surface area contributed by atoms with E-state index in [1.807, 2.05) is 43.3 Å². The van der Waals surface area contributed by atoms with Crippen LogP contribution in [0.4, 0.5) is 0 Å². The van der Waals surface area contributed by atoms with Crippen molar-refractivity contribution in [2.75, 3.05) is 0 Å². The molecule has 0 spiro atoms. The molecule has 1 saturated heterocycles. The Morgan fingerprint density at radius 2 is 1.43 bits per heavy atom. The summed E-state index contributed by atoms with van der Waals surface area (Å²) in [6.45, 7) is 11.4. The summed E-state index contributed by atoms with van der Waals surface area (Å²) in [5.41, 5.74) is 2.72. The Labute approximate surface area is 271 Å². The SMILES string of the molecule is C=CC(=O)OC(CCC)Oc1ccc(-c2ccc(OC(=O)c3ccc(OC(CCCCCC)C4CC(=C)C(=O)O4)cc3)cc2)cc1. The molecule has 3 aromatic rings. The molecule has 0 aliphatic carbocycles. The molecule has 3 aromatic carbocycles. The second kappa shape index (κ2) is 17.0. The van der Waals surface area contributed by atoms with Crippen LogP contribution in [0.3, 0.4) is 0 Å². The fourth-order valence-corrected chi connectivity index (χ4v) is 5.05. The van der Waals surface area contributed by atoms with Crippen molar-refractivity contribution in [2.45, 2.75) is 83.7 Å². The van der Waals surface area contributed by atoms with Crippen LogP contribution >= 0.6 is 0 Å². The monoisotopic (exact) mass is 626 g/mol. The van der Waals surface area contributed by atoms with Gasteiger partial charge in [-0.05, 0) is 78.9 Å². The highest BCUT2D eigenvalue weighted by Crippen LogP contribution is 2.29. The molecule has 46 heavy (non-hydrogen) atoms. The zero-order chi connectivity index (χ0) is 32.9. The van der Waals surface area contributed by atoms with Crippen molar-refractivity contribution in [2.24, 2.45) is 0 Å². The van der Waals surface area contributed by atoms with Crippen LogP contribution in [0, 0.1) is 0 Å². The van der Waals surface area contributed by atoms with Crippen LogP contribution < -0.4 is 14.2 Å². The number of ether oxygens (including phenoxy) is 5. The quantitative estimate of drug-likeness (QED) is 0.0485. The Hall–Kier alpha value is -4.85. The predicted octanol–water partition coefficient (Wildman–Crippen LogP) is 8.40. The molecule has 3 unspecified atom stereocenters. The van der Waals surface area contributed by atoms with E-state index in [9.17, 15) is 14.4 Å². The minimum absolute atomic E-state index is 0.292. The van der Waals surface area contributed by atoms with Gasteiger partial charge in [-0.15, -0.1) is 0 Å². The molecule has 8 heteroatoms. The highest BCUT2D eigenvalue weighted by Gasteiger charge is 2.35. The number of esters is 3. The Bertz CT molecular complexity index is 1460. The Morgan fingerprint density at radius 1 is 0.826 bits per heavy atom. The van der Waals surface area contributed by atoms with E-state index in [1.165, 1.54) is 0 Å². The summed E-state index contributed by atoms with van der Waals surface area (Å²) in [7, 11) is 0. The maximum atomic E-state index is 12.9. The number of cyclic esters (lactones) is 1. The Balaban J connectivity index is 1.32. The van der Waals surface area contributed by atoms with Gasteiger partial charge in [0, 0.05) is 24.5 Å². The van der Waals surface area contributed by atoms with Gasteiger partial charge >= 0.3 is 17.9 Å². The van der Waals surface area contributed by atoms with Crippen LogP contribution in [0.15, 0.2) is 97.6 Å². The molecule has 1 heterocycles. The molecule has 1 aliphatic rings. The van der Waals surface area contributed by atoms with Gasteiger partial charge in [-0.25, -0.2) is 14.4 Å². The molecule has 0 amide bonds. The summed E-state index contributed by atoms with van der Waals surface area (Å²) in [6.07, 6.45) is 6.67. The molecule has 242 valence electrons. The zero-order valence-corrected chi connectivity index (χ0v) is 26.6. The lowest BCUT2D eigenvalue weighted by molar-refractivity contribution is -0.158. The first-order valence-corrected chi connectivity index (χ1v) is 15.9. The zero-order valence-electron chi connectivity index (χ0n) is 26.6. The fourth-order valence-electron chi connectivity index (χ4n) is 5.05. The highest BCUT2D eigenvalue weighted by atomic mass is 16.7. The van der Waals surface area contributed by atoms with Crippen LogP contribution in [0.5, 0.6) is 17.2 Å². The van der Waals surface area contributed by atoms with E-state index in [0.29, 0.717) is 41.2 Å². The van der Waals surface area contributed by atoms with Gasteiger partial charge < -0.3 is 23.7 Å². The summed E-state index contributed by atoms with van der Waals surface area (Å²) < 4.78 is 28.4. The smallest absolute Gasteiger partial charge is 0.343 e. The standard InChI is InChI=1S/C38H42O8/c1-5-8-9-10-12-33(34-25-26(4)37(40)45-34)42-30-23-17-29(18-24-30)38(41)44-32-21-15-28(16-22-32)27-13-19-31(20-14-27)43-36(11-6-2)46-35(39)7-3/h7,13-24,33-34,36H,3-6,8-12,25H2,1-2H3. The second-order valence-corrected chi connectivity index (χ2v) is 11.2. The van der Waals surface area contributed by atoms with Crippen LogP contribution in [-0.4, -0.2) is 36.4 Å². The summed E-state index contributed by atoms with van der Waals surface area (Å²) in [4.78, 5) is 36.4. The van der Waals surface area contributed by atoms with E-state index >= 15 is 0 Å². The summed E-state index contributed by atoms with van der Waals surface area (Å²) in [6, 6.07) is 21.4. The number of hydrogen-bond donors (Lipinski definition) is 0. The van der Waals surface area contributed by atoms with Crippen molar-refractivity contribution >= 4 is 17.9 Å². The number of benzene rings is 3. The summed E-state index contributed by atoms with van der Waals surface area (Å²) in [5.74, 6) is 0.196. The van der Waals surface area contributed by atoms with Crippen molar-refractivity contribution in [1.29, 1.82) is 0 Å². The third kappa shape index (κ3) is 9.83. The molecule has 3 atom stereocenters. The number of carbonyl (C=O) groups is 3. The van der Waals surface area contributed by atoms with E-state index in [2.05, 4.69) is 20.1 Å². The molecular formula is C38H42O8. The molecule has 1 aliphatic heterocycles. The number of rotatable bonds is 17. The van der Waals surface area contributed by atoms with Gasteiger partial charge in [0.2, 0.25) is 6.29 Å². The molecule has 0 aromatic heterocycles. The lowest BCUT2D eigenvalue weighted by atomic mass is 10.0. The van der Waals surface area contributed by atoms with E-state index in [0.717, 1.165) is 55.7 Å². The van der Waals surface area contributed by atoms with E-state index in [4.69, 9.17) is 23.7 Å². The van der Waals surface area contributed by atoms with Crippen molar-refractivity contribution in [3.8, 4) is 28.4 Å². The average Bonchev–Trinajstić information content (AvgIpc) is 3.40. The Morgan fingerprint density at radius 3 is 2.00 bits per heavy atom. The molecule has 0 radical (unpaired) electrons. The average molecular weight is 627 g/mol. The minimum atomic E-state index is -0.685. The number of unbranched alkanes of at least 4 members (excludes halogenated alkanes) is 3. The molecule has 4 rings (SSSR count). The van der Waals surface area contributed by atoms with Gasteiger partial charge in [0.05, 0.1) is 5.56 Å². The normalized spacial score (nSPS) is 15.4. The molecule has 1 fully saturated rings. The lowest BCUT2D eigenvalue weighted by Crippen LogP contribution is -2.31. The first-order valence-electron chi connectivity index (χ1n) is 15.9. The first-order chi connectivity index (χ1) is 22.3. The van der Waals surface area contributed by atoms with Gasteiger partial charge in [-0.3, -0.25) is 0 Å². The fraction of sp³-hybridized carbons (Fsp3) is 0.342. The molecule has 0 bridgehead atoms. The van der Waals surface area contributed by atoms with Crippen molar-refractivity contribution < 1.29 is 38.1 Å². The van der Waals surface area contributed by atoms with Crippen LogP contribution in [-0.2, 0) is 19.1 Å². The van der Waals surface area contributed by atoms with Crippen molar-refractivity contribution in [3.05, 3.63) is 103 Å². The van der Waals surface area contributed by atoms with Gasteiger partial charge in [-0.2, -0.15) is 0 Å². The molecule has 0 N–H and O–H groups in total. The Kier molecular flexibility index (Phi) is 12.6. The second-order valence-electron chi connectivity index (χ2n) is 11.2. The van der Waals surface area contributed by atoms with Gasteiger partial charge in [0.1, 0.15) is 29.5 Å². The largest absolute Gasteiger partial charge is 0.487 e. The minimum Gasteiger partial charge on any atom is -0.487 e. The van der Waals surface area contributed by atoms with Crippen molar-refractivity contribution in [3.63, 3.8) is 0 Å². The van der Waals surface area contributed by atoms with Gasteiger partial charge in [0.25, 0.3) is 0 Å². The molecular weight excluding hydrogens is 584 g/mol. The number of carbonyl (C=O) groups excluding carboxylic acids is 3. The summed E-state index contributed by atoms with van der Waals surface area (Å²) in [5, 5.41) is 0. The van der Waals surface area contributed by atoms with E-state index in [1.54, 1.807) is 36.4 Å². The van der Waals surface area contributed by atoms with Crippen LogP contribution in [0.25, 0.3) is 11.1 Å². The van der Waals surface area contributed by atoms with Gasteiger partial charge in [0.15, 0.2) is 0 Å². The maximum Gasteiger partial charge on any atom is 0.343 e. The first kappa shape index (κ1) is 34.0. The van der Waals surface area contributed by atoms with Gasteiger partial charge in [-0.1, -0.05) is 70.5 Å². The number of hydrogen-bond acceptors (Lipinski definition) is 8. The summed E-state index contributed by atoms with van der Waals surface area (Å²) >= 11 is 0. The predicted molar refractivity (Wildman–Crippen MR) is 176 cm³/mol. The van der Waals surface area contributed by atoms with Crippen LogP contribution in [0.1, 0.15) is 75.6 Å². The van der Waals surface area contributed by atoms with E-state index < -0.39 is 18.2 Å².